The number of rotatable bonds is 2. The second-order valence-corrected chi connectivity index (χ2v) is 6.75. The van der Waals surface area contributed by atoms with Crippen molar-refractivity contribution in [3.8, 4) is 0 Å². The number of amides is 1. The smallest absolute Gasteiger partial charge is 0.232 e. The van der Waals surface area contributed by atoms with Crippen LogP contribution in [0.25, 0.3) is 0 Å². The maximum absolute atomic E-state index is 12.4. The zero-order chi connectivity index (χ0) is 13.4. The first kappa shape index (κ1) is 14.3. The fourth-order valence-electron chi connectivity index (χ4n) is 2.40. The zero-order valence-corrected chi connectivity index (χ0v) is 12.5. The average molecular weight is 237 g/mol. The minimum Gasteiger partial charge on any atom is -0.316 e. The van der Waals surface area contributed by atoms with Crippen molar-refractivity contribution in [3.63, 3.8) is 0 Å². The minimum absolute atomic E-state index is 0.243. The van der Waals surface area contributed by atoms with E-state index in [4.69, 9.17) is 0 Å². The van der Waals surface area contributed by atoms with E-state index in [9.17, 15) is 4.79 Å². The molecule has 98 valence electrons. The molecule has 2 heteroatoms. The summed E-state index contributed by atoms with van der Waals surface area (Å²) in [5.41, 5.74) is 2.60. The summed E-state index contributed by atoms with van der Waals surface area (Å²) in [6, 6.07) is 0. The van der Waals surface area contributed by atoms with Gasteiger partial charge in [-0.25, -0.2) is 0 Å². The minimum atomic E-state index is -0.296. The third kappa shape index (κ3) is 2.72. The highest BCUT2D eigenvalue weighted by molar-refractivity contribution is 5.83. The Morgan fingerprint density at radius 1 is 1.35 bits per heavy atom. The van der Waals surface area contributed by atoms with Crippen LogP contribution < -0.4 is 0 Å². The van der Waals surface area contributed by atoms with Crippen molar-refractivity contribution in [2.75, 3.05) is 6.54 Å². The third-order valence-corrected chi connectivity index (χ3v) is 3.96. The van der Waals surface area contributed by atoms with Crippen LogP contribution >= 0.6 is 0 Å². The van der Waals surface area contributed by atoms with E-state index in [1.165, 1.54) is 11.3 Å². The fraction of sp³-hybridized carbons (Fsp3) is 0.800. The van der Waals surface area contributed by atoms with Crippen LogP contribution in [0.4, 0.5) is 0 Å². The van der Waals surface area contributed by atoms with Crippen molar-refractivity contribution in [1.29, 1.82) is 0 Å². The van der Waals surface area contributed by atoms with E-state index in [0.717, 1.165) is 19.4 Å². The van der Waals surface area contributed by atoms with Crippen molar-refractivity contribution in [2.24, 2.45) is 10.8 Å². The Kier molecular flexibility index (Phi) is 3.75. The summed E-state index contributed by atoms with van der Waals surface area (Å²) < 4.78 is 0. The van der Waals surface area contributed by atoms with Gasteiger partial charge in [0.05, 0.1) is 0 Å². The molecule has 2 nitrogen and oxygen atoms in total. The van der Waals surface area contributed by atoms with Gasteiger partial charge in [0.2, 0.25) is 5.91 Å². The lowest BCUT2D eigenvalue weighted by Crippen LogP contribution is -2.38. The van der Waals surface area contributed by atoms with E-state index in [1.807, 2.05) is 25.7 Å². The van der Waals surface area contributed by atoms with Crippen molar-refractivity contribution in [3.05, 3.63) is 11.3 Å². The Balaban J connectivity index is 3.06. The highest BCUT2D eigenvalue weighted by Gasteiger charge is 2.36. The standard InChI is InChI=1S/C15H27NO/c1-8-16(13(17)14(3,4)5)12-9-10-15(6,7)11(12)2/h8-10H2,1-7H3. The van der Waals surface area contributed by atoms with Gasteiger partial charge in [-0.15, -0.1) is 0 Å². The molecule has 17 heavy (non-hydrogen) atoms. The summed E-state index contributed by atoms with van der Waals surface area (Å²) in [4.78, 5) is 14.4. The van der Waals surface area contributed by atoms with Gasteiger partial charge in [0.15, 0.2) is 0 Å². The summed E-state index contributed by atoms with van der Waals surface area (Å²) >= 11 is 0. The SMILES string of the molecule is CCN(C(=O)C(C)(C)C)C1=C(C)C(C)(C)CC1. The van der Waals surface area contributed by atoms with Crippen LogP contribution in [0.15, 0.2) is 11.3 Å². The lowest BCUT2D eigenvalue weighted by Gasteiger charge is -2.30. The second kappa shape index (κ2) is 4.47. The van der Waals surface area contributed by atoms with Gasteiger partial charge in [-0.05, 0) is 37.7 Å². The molecule has 0 aromatic heterocycles. The van der Waals surface area contributed by atoms with Crippen molar-refractivity contribution >= 4 is 5.91 Å². The Labute approximate surface area is 106 Å². The molecule has 0 fully saturated rings. The van der Waals surface area contributed by atoms with E-state index in [1.54, 1.807) is 0 Å². The van der Waals surface area contributed by atoms with E-state index in [0.29, 0.717) is 0 Å². The van der Waals surface area contributed by atoms with Gasteiger partial charge in [0.1, 0.15) is 0 Å². The van der Waals surface area contributed by atoms with Gasteiger partial charge in [-0.1, -0.05) is 34.6 Å². The molecule has 0 spiro atoms. The Morgan fingerprint density at radius 2 is 1.88 bits per heavy atom. The van der Waals surface area contributed by atoms with Gasteiger partial charge in [0, 0.05) is 17.7 Å². The molecule has 1 rings (SSSR count). The largest absolute Gasteiger partial charge is 0.316 e. The number of carbonyl (C=O) groups excluding carboxylic acids is 1. The molecule has 1 amide bonds. The first-order valence-corrected chi connectivity index (χ1v) is 6.63. The maximum Gasteiger partial charge on any atom is 0.232 e. The van der Waals surface area contributed by atoms with Crippen molar-refractivity contribution in [1.82, 2.24) is 4.90 Å². The quantitative estimate of drug-likeness (QED) is 0.711. The number of nitrogens with zero attached hydrogens (tertiary/aromatic N) is 1. The summed E-state index contributed by atoms with van der Waals surface area (Å²) in [6.45, 7) is 15.5. The molecule has 0 saturated carbocycles. The molecule has 1 aliphatic rings. The topological polar surface area (TPSA) is 20.3 Å². The number of allylic oxidation sites excluding steroid dienone is 2. The molecule has 0 atom stereocenters. The first-order chi connectivity index (χ1) is 7.61. The van der Waals surface area contributed by atoms with Crippen LogP contribution in [0.2, 0.25) is 0 Å². The molecule has 0 unspecified atom stereocenters. The second-order valence-electron chi connectivity index (χ2n) is 6.75. The highest BCUT2D eigenvalue weighted by Crippen LogP contribution is 2.43. The molecule has 0 saturated heterocycles. The Hall–Kier alpha value is -0.790. The van der Waals surface area contributed by atoms with Crippen LogP contribution in [0.3, 0.4) is 0 Å². The van der Waals surface area contributed by atoms with Gasteiger partial charge in [0.25, 0.3) is 0 Å². The molecule has 0 aromatic rings. The molecule has 0 aromatic carbocycles. The fourth-order valence-corrected chi connectivity index (χ4v) is 2.40. The molecule has 0 radical (unpaired) electrons. The summed E-state index contributed by atoms with van der Waals surface area (Å²) in [7, 11) is 0. The Morgan fingerprint density at radius 3 is 2.18 bits per heavy atom. The average Bonchev–Trinajstić information content (AvgIpc) is 2.44. The lowest BCUT2D eigenvalue weighted by atomic mass is 9.87. The van der Waals surface area contributed by atoms with Gasteiger partial charge in [-0.2, -0.15) is 0 Å². The Bertz CT molecular complexity index is 344. The number of hydrogen-bond acceptors (Lipinski definition) is 1. The van der Waals surface area contributed by atoms with Gasteiger partial charge in [-0.3, -0.25) is 4.79 Å². The van der Waals surface area contributed by atoms with E-state index in [2.05, 4.69) is 27.7 Å². The normalized spacial score (nSPS) is 19.7. The highest BCUT2D eigenvalue weighted by atomic mass is 16.2. The summed E-state index contributed by atoms with van der Waals surface area (Å²) in [5.74, 6) is 0.243. The zero-order valence-electron chi connectivity index (χ0n) is 12.5. The first-order valence-electron chi connectivity index (χ1n) is 6.63. The van der Waals surface area contributed by atoms with Gasteiger partial charge < -0.3 is 4.90 Å². The van der Waals surface area contributed by atoms with Crippen LogP contribution in [-0.4, -0.2) is 17.4 Å². The van der Waals surface area contributed by atoms with Crippen molar-refractivity contribution in [2.45, 2.75) is 61.3 Å². The molecule has 1 aliphatic carbocycles. The van der Waals surface area contributed by atoms with Crippen molar-refractivity contribution < 1.29 is 4.79 Å². The summed E-state index contributed by atoms with van der Waals surface area (Å²) in [6.07, 6.45) is 2.19. The monoisotopic (exact) mass is 237 g/mol. The third-order valence-electron chi connectivity index (χ3n) is 3.96. The molecule has 0 heterocycles. The number of carbonyl (C=O) groups is 1. The van der Waals surface area contributed by atoms with Gasteiger partial charge >= 0.3 is 0 Å². The predicted octanol–water partition coefficient (Wildman–Crippen LogP) is 3.98. The van der Waals surface area contributed by atoms with Crippen LogP contribution in [0.5, 0.6) is 0 Å². The summed E-state index contributed by atoms with van der Waals surface area (Å²) in [5, 5.41) is 0. The predicted molar refractivity (Wildman–Crippen MR) is 72.6 cm³/mol. The van der Waals surface area contributed by atoms with Crippen LogP contribution in [0.1, 0.15) is 61.3 Å². The van der Waals surface area contributed by atoms with E-state index < -0.39 is 0 Å². The molecule has 0 N–H and O–H groups in total. The van der Waals surface area contributed by atoms with E-state index >= 15 is 0 Å². The molecule has 0 aliphatic heterocycles. The van der Waals surface area contributed by atoms with Crippen LogP contribution in [-0.2, 0) is 4.79 Å². The molecular formula is C15H27NO. The number of hydrogen-bond donors (Lipinski definition) is 0. The maximum atomic E-state index is 12.4. The van der Waals surface area contributed by atoms with E-state index in [-0.39, 0.29) is 16.7 Å². The molecule has 0 bridgehead atoms. The van der Waals surface area contributed by atoms with Crippen LogP contribution in [0, 0.1) is 10.8 Å². The lowest BCUT2D eigenvalue weighted by molar-refractivity contribution is -0.137. The molecular weight excluding hydrogens is 210 g/mol.